The second-order valence-electron chi connectivity index (χ2n) is 4.07. The summed E-state index contributed by atoms with van der Waals surface area (Å²) in [5.74, 6) is 0.881. The Morgan fingerprint density at radius 1 is 1.31 bits per heavy atom. The van der Waals surface area contributed by atoms with Crippen LogP contribution in [0.15, 0.2) is 35.3 Å². The van der Waals surface area contributed by atoms with E-state index in [4.69, 9.17) is 10.5 Å². The predicted molar refractivity (Wildman–Crippen MR) is 65.6 cm³/mol. The normalized spacial score (nSPS) is 19.3. The van der Waals surface area contributed by atoms with Crippen molar-refractivity contribution >= 4 is 5.90 Å². The summed E-state index contributed by atoms with van der Waals surface area (Å²) in [4.78, 5) is 4.56. The molecule has 0 saturated carbocycles. The number of aliphatic imine (C=N–C) groups is 1. The molecule has 0 radical (unpaired) electrons. The maximum atomic E-state index is 5.53. The van der Waals surface area contributed by atoms with Crippen LogP contribution in [-0.4, -0.2) is 25.1 Å². The Morgan fingerprint density at radius 3 is 2.88 bits per heavy atom. The molecule has 0 amide bonds. The van der Waals surface area contributed by atoms with Gasteiger partial charge in [-0.3, -0.25) is 0 Å². The molecule has 0 aliphatic carbocycles. The minimum absolute atomic E-state index is 0.287. The lowest BCUT2D eigenvalue weighted by molar-refractivity contribution is 0.308. The highest BCUT2D eigenvalue weighted by Gasteiger charge is 2.18. The number of ether oxygens (including phenoxy) is 1. The lowest BCUT2D eigenvalue weighted by Gasteiger charge is -2.04. The zero-order valence-electron chi connectivity index (χ0n) is 9.43. The molecule has 2 N–H and O–H groups in total. The molecule has 0 spiro atoms. The molecule has 1 unspecified atom stereocenters. The third-order valence-electron chi connectivity index (χ3n) is 2.68. The van der Waals surface area contributed by atoms with E-state index < -0.39 is 0 Å². The van der Waals surface area contributed by atoms with Crippen LogP contribution in [0.25, 0.3) is 0 Å². The van der Waals surface area contributed by atoms with Crippen molar-refractivity contribution in [3.8, 4) is 0 Å². The van der Waals surface area contributed by atoms with Gasteiger partial charge in [-0.25, -0.2) is 4.99 Å². The van der Waals surface area contributed by atoms with Gasteiger partial charge in [-0.2, -0.15) is 0 Å². The van der Waals surface area contributed by atoms with Gasteiger partial charge < -0.3 is 10.5 Å². The van der Waals surface area contributed by atoms with Crippen LogP contribution in [0, 0.1) is 0 Å². The fourth-order valence-corrected chi connectivity index (χ4v) is 1.85. The van der Waals surface area contributed by atoms with Crippen LogP contribution in [0.4, 0.5) is 0 Å². The zero-order chi connectivity index (χ0) is 11.2. The molecular formula is C13H18N2O. The van der Waals surface area contributed by atoms with Crippen molar-refractivity contribution in [3.05, 3.63) is 35.9 Å². The monoisotopic (exact) mass is 218 g/mol. The second-order valence-corrected chi connectivity index (χ2v) is 4.07. The molecular weight excluding hydrogens is 200 g/mol. The summed E-state index contributed by atoms with van der Waals surface area (Å²) < 4.78 is 5.53. The van der Waals surface area contributed by atoms with Crippen molar-refractivity contribution < 1.29 is 4.74 Å². The van der Waals surface area contributed by atoms with Crippen LogP contribution < -0.4 is 5.73 Å². The molecule has 0 saturated heterocycles. The van der Waals surface area contributed by atoms with Gasteiger partial charge in [0.1, 0.15) is 6.61 Å². The van der Waals surface area contributed by atoms with E-state index in [9.17, 15) is 0 Å². The third-order valence-corrected chi connectivity index (χ3v) is 2.68. The number of benzene rings is 1. The lowest BCUT2D eigenvalue weighted by Crippen LogP contribution is -2.09. The first-order chi connectivity index (χ1) is 7.88. The summed E-state index contributed by atoms with van der Waals surface area (Å²) in [5.41, 5.74) is 6.77. The number of hydrogen-bond acceptors (Lipinski definition) is 3. The molecule has 16 heavy (non-hydrogen) atoms. The third kappa shape index (κ3) is 3.07. The summed E-state index contributed by atoms with van der Waals surface area (Å²) in [6, 6.07) is 10.7. The fraction of sp³-hybridized carbons (Fsp3) is 0.462. The van der Waals surface area contributed by atoms with Crippen LogP contribution in [0.2, 0.25) is 0 Å². The summed E-state index contributed by atoms with van der Waals surface area (Å²) in [5, 5.41) is 0. The molecule has 0 fully saturated rings. The molecule has 86 valence electrons. The molecule has 1 aromatic carbocycles. The largest absolute Gasteiger partial charge is 0.479 e. The van der Waals surface area contributed by atoms with Gasteiger partial charge in [-0.05, 0) is 24.9 Å². The van der Waals surface area contributed by atoms with Gasteiger partial charge in [0.2, 0.25) is 0 Å². The first kappa shape index (κ1) is 11.1. The highest BCUT2D eigenvalue weighted by atomic mass is 16.5. The van der Waals surface area contributed by atoms with Crippen LogP contribution >= 0.6 is 0 Å². The lowest BCUT2D eigenvalue weighted by atomic mass is 10.1. The van der Waals surface area contributed by atoms with Gasteiger partial charge in [0.25, 0.3) is 0 Å². The summed E-state index contributed by atoms with van der Waals surface area (Å²) >= 11 is 0. The highest BCUT2D eigenvalue weighted by molar-refractivity contribution is 5.77. The van der Waals surface area contributed by atoms with Gasteiger partial charge >= 0.3 is 0 Å². The van der Waals surface area contributed by atoms with E-state index in [1.165, 1.54) is 5.56 Å². The SMILES string of the molecule is NCCCC1=NC(Cc2ccccc2)CO1. The predicted octanol–water partition coefficient (Wildman–Crippen LogP) is 1.77. The molecule has 1 atom stereocenters. The maximum Gasteiger partial charge on any atom is 0.183 e. The fourth-order valence-electron chi connectivity index (χ4n) is 1.85. The summed E-state index contributed by atoms with van der Waals surface area (Å²) in [6.45, 7) is 1.42. The van der Waals surface area contributed by atoms with Gasteiger partial charge in [-0.15, -0.1) is 0 Å². The Kier molecular flexibility index (Phi) is 3.94. The molecule has 1 aromatic rings. The Morgan fingerprint density at radius 2 is 2.12 bits per heavy atom. The van der Waals surface area contributed by atoms with Gasteiger partial charge in [0, 0.05) is 6.42 Å². The van der Waals surface area contributed by atoms with E-state index in [1.807, 2.05) is 6.07 Å². The van der Waals surface area contributed by atoms with Crippen LogP contribution in [-0.2, 0) is 11.2 Å². The van der Waals surface area contributed by atoms with E-state index in [0.717, 1.165) is 31.8 Å². The van der Waals surface area contributed by atoms with Crippen molar-refractivity contribution in [2.24, 2.45) is 10.7 Å². The van der Waals surface area contributed by atoms with Crippen LogP contribution in [0.5, 0.6) is 0 Å². The minimum atomic E-state index is 0.287. The number of nitrogens with two attached hydrogens (primary N) is 1. The molecule has 2 rings (SSSR count). The Hall–Kier alpha value is -1.35. The standard InChI is InChI=1S/C13H18N2O/c14-8-4-7-13-15-12(10-16-13)9-11-5-2-1-3-6-11/h1-3,5-6,12H,4,7-10,14H2. The maximum absolute atomic E-state index is 5.53. The van der Waals surface area contributed by atoms with Crippen LogP contribution in [0.3, 0.4) is 0 Å². The number of nitrogens with zero attached hydrogens (tertiary/aromatic N) is 1. The molecule has 1 heterocycles. The van der Waals surface area contributed by atoms with Crippen molar-refractivity contribution in [2.75, 3.05) is 13.2 Å². The molecule has 3 nitrogen and oxygen atoms in total. The van der Waals surface area contributed by atoms with Gasteiger partial charge in [-0.1, -0.05) is 30.3 Å². The molecule has 0 bridgehead atoms. The minimum Gasteiger partial charge on any atom is -0.479 e. The van der Waals surface area contributed by atoms with Crippen molar-refractivity contribution in [2.45, 2.75) is 25.3 Å². The van der Waals surface area contributed by atoms with E-state index in [2.05, 4.69) is 29.3 Å². The van der Waals surface area contributed by atoms with Crippen molar-refractivity contribution in [1.29, 1.82) is 0 Å². The molecule has 3 heteroatoms. The molecule has 1 aliphatic heterocycles. The average molecular weight is 218 g/mol. The Balaban J connectivity index is 1.86. The first-order valence-corrected chi connectivity index (χ1v) is 5.82. The van der Waals surface area contributed by atoms with Crippen molar-refractivity contribution in [1.82, 2.24) is 0 Å². The Labute approximate surface area is 96.3 Å². The average Bonchev–Trinajstić information content (AvgIpc) is 2.75. The summed E-state index contributed by atoms with van der Waals surface area (Å²) in [6.07, 6.45) is 2.80. The van der Waals surface area contributed by atoms with E-state index >= 15 is 0 Å². The van der Waals surface area contributed by atoms with E-state index in [-0.39, 0.29) is 6.04 Å². The van der Waals surface area contributed by atoms with E-state index in [1.54, 1.807) is 0 Å². The summed E-state index contributed by atoms with van der Waals surface area (Å²) in [7, 11) is 0. The topological polar surface area (TPSA) is 47.6 Å². The Bertz CT molecular complexity index is 348. The molecule has 1 aliphatic rings. The van der Waals surface area contributed by atoms with Gasteiger partial charge in [0.05, 0.1) is 6.04 Å². The van der Waals surface area contributed by atoms with Crippen LogP contribution in [0.1, 0.15) is 18.4 Å². The van der Waals surface area contributed by atoms with Crippen molar-refractivity contribution in [3.63, 3.8) is 0 Å². The zero-order valence-corrected chi connectivity index (χ0v) is 9.43. The second kappa shape index (κ2) is 5.66. The number of rotatable bonds is 5. The number of hydrogen-bond donors (Lipinski definition) is 1. The van der Waals surface area contributed by atoms with Gasteiger partial charge in [0.15, 0.2) is 5.90 Å². The highest BCUT2D eigenvalue weighted by Crippen LogP contribution is 2.13. The first-order valence-electron chi connectivity index (χ1n) is 5.82. The quantitative estimate of drug-likeness (QED) is 0.818. The van der Waals surface area contributed by atoms with E-state index in [0.29, 0.717) is 6.54 Å². The molecule has 0 aromatic heterocycles. The smallest absolute Gasteiger partial charge is 0.183 e.